The fourth-order valence-corrected chi connectivity index (χ4v) is 4.88. The van der Waals surface area contributed by atoms with E-state index in [1.807, 2.05) is 42.9 Å². The highest BCUT2D eigenvalue weighted by Gasteiger charge is 2.23. The molecular formula is C24H25N5O4S2. The van der Waals surface area contributed by atoms with Gasteiger partial charge in [-0.2, -0.15) is 0 Å². The molecule has 0 aliphatic rings. The van der Waals surface area contributed by atoms with Crippen LogP contribution in [0.3, 0.4) is 0 Å². The van der Waals surface area contributed by atoms with Crippen molar-refractivity contribution in [1.29, 1.82) is 0 Å². The van der Waals surface area contributed by atoms with Crippen LogP contribution in [0.1, 0.15) is 36.5 Å². The van der Waals surface area contributed by atoms with Crippen molar-refractivity contribution in [1.82, 2.24) is 19.7 Å². The van der Waals surface area contributed by atoms with Crippen LogP contribution >= 0.6 is 23.1 Å². The Morgan fingerprint density at radius 1 is 1.14 bits per heavy atom. The summed E-state index contributed by atoms with van der Waals surface area (Å²) in [7, 11) is 0. The molecule has 2 heterocycles. The first kappa shape index (κ1) is 24.7. The fraction of sp³-hybridized carbons (Fsp3) is 0.292. The molecule has 0 saturated heterocycles. The number of nitrogens with one attached hydrogen (secondary N) is 1. The summed E-state index contributed by atoms with van der Waals surface area (Å²) in [5.74, 6) is 0.495. The Labute approximate surface area is 210 Å². The maximum atomic E-state index is 12.8. The van der Waals surface area contributed by atoms with Crippen LogP contribution in [0.5, 0.6) is 5.75 Å². The summed E-state index contributed by atoms with van der Waals surface area (Å²) in [6.45, 7) is 6.14. The lowest BCUT2D eigenvalue weighted by Gasteiger charge is -2.15. The largest absolute Gasteiger partial charge is 0.494 e. The van der Waals surface area contributed by atoms with E-state index in [0.29, 0.717) is 23.7 Å². The van der Waals surface area contributed by atoms with Crippen molar-refractivity contribution in [3.63, 3.8) is 0 Å². The number of rotatable bonds is 9. The van der Waals surface area contributed by atoms with E-state index in [0.717, 1.165) is 32.6 Å². The first-order valence-corrected chi connectivity index (χ1v) is 13.1. The molecule has 1 N–H and O–H groups in total. The van der Waals surface area contributed by atoms with Gasteiger partial charge in [0.25, 0.3) is 5.91 Å². The molecule has 35 heavy (non-hydrogen) atoms. The number of aryl methyl sites for hydroxylation is 1. The first-order chi connectivity index (χ1) is 16.9. The zero-order valence-electron chi connectivity index (χ0n) is 19.8. The zero-order chi connectivity index (χ0) is 24.9. The van der Waals surface area contributed by atoms with Gasteiger partial charge in [-0.25, -0.2) is 9.78 Å². The number of carbonyl (C=O) groups excluding carboxylic acids is 2. The van der Waals surface area contributed by atoms with E-state index in [9.17, 15) is 9.59 Å². The quantitative estimate of drug-likeness (QED) is 0.250. The standard InChI is InChI=1S/C24H25N5O4S2/c1-5-19(21(30)26-23-25-18-12-11-17(32-6-2)13-20(18)35-23)33-22(31)15-7-9-16(10-8-15)29-14(3)27-28-24(29)34-4/h7-13,19H,5-6H2,1-4H3,(H,25,26,30). The van der Waals surface area contributed by atoms with Gasteiger partial charge < -0.3 is 9.47 Å². The van der Waals surface area contributed by atoms with Gasteiger partial charge in [-0.15, -0.1) is 10.2 Å². The molecule has 0 bridgehead atoms. The second kappa shape index (κ2) is 10.9. The highest BCUT2D eigenvalue weighted by molar-refractivity contribution is 7.98. The summed E-state index contributed by atoms with van der Waals surface area (Å²) in [5.41, 5.74) is 1.94. The molecule has 1 amide bonds. The minimum absolute atomic E-state index is 0.325. The third-order valence-corrected chi connectivity index (χ3v) is 6.72. The average Bonchev–Trinajstić information content (AvgIpc) is 3.44. The molecule has 182 valence electrons. The predicted molar refractivity (Wildman–Crippen MR) is 137 cm³/mol. The SMILES string of the molecule is CCOc1ccc2nc(NC(=O)C(CC)OC(=O)c3ccc(-n4c(C)nnc4SC)cc3)sc2c1. The van der Waals surface area contributed by atoms with Gasteiger partial charge in [0.15, 0.2) is 16.4 Å². The number of ether oxygens (including phenoxy) is 2. The van der Waals surface area contributed by atoms with E-state index in [-0.39, 0.29) is 0 Å². The van der Waals surface area contributed by atoms with Gasteiger partial charge in [0, 0.05) is 5.69 Å². The Bertz CT molecular complexity index is 1350. The fourth-order valence-electron chi connectivity index (χ4n) is 3.44. The van der Waals surface area contributed by atoms with Crippen LogP contribution in [-0.4, -0.2) is 50.6 Å². The van der Waals surface area contributed by atoms with Crippen molar-refractivity contribution >= 4 is 50.3 Å². The molecule has 11 heteroatoms. The highest BCUT2D eigenvalue weighted by atomic mass is 32.2. The smallest absolute Gasteiger partial charge is 0.338 e. The summed E-state index contributed by atoms with van der Waals surface area (Å²) in [4.78, 5) is 30.0. The van der Waals surface area contributed by atoms with Crippen molar-refractivity contribution in [2.75, 3.05) is 18.2 Å². The number of fused-ring (bicyclic) bond motifs is 1. The highest BCUT2D eigenvalue weighted by Crippen LogP contribution is 2.29. The van der Waals surface area contributed by atoms with Crippen LogP contribution < -0.4 is 10.1 Å². The van der Waals surface area contributed by atoms with E-state index >= 15 is 0 Å². The number of amides is 1. The van der Waals surface area contributed by atoms with Gasteiger partial charge in [-0.05, 0) is 69.0 Å². The Hall–Kier alpha value is -3.44. The van der Waals surface area contributed by atoms with Crippen molar-refractivity contribution < 1.29 is 19.1 Å². The number of carbonyl (C=O) groups is 2. The van der Waals surface area contributed by atoms with E-state index < -0.39 is 18.0 Å². The summed E-state index contributed by atoms with van der Waals surface area (Å²) < 4.78 is 13.8. The van der Waals surface area contributed by atoms with Gasteiger partial charge in [0.1, 0.15) is 11.6 Å². The van der Waals surface area contributed by atoms with Crippen LogP contribution in [0.25, 0.3) is 15.9 Å². The normalized spacial score (nSPS) is 11.9. The van der Waals surface area contributed by atoms with Crippen LogP contribution in [0, 0.1) is 6.92 Å². The number of benzene rings is 2. The molecule has 1 atom stereocenters. The van der Waals surface area contributed by atoms with Gasteiger partial charge in [-0.3, -0.25) is 14.7 Å². The first-order valence-electron chi connectivity index (χ1n) is 11.0. The summed E-state index contributed by atoms with van der Waals surface area (Å²) in [6, 6.07) is 12.5. The van der Waals surface area contributed by atoms with Crippen molar-refractivity contribution in [2.45, 2.75) is 38.5 Å². The molecular weight excluding hydrogens is 486 g/mol. The van der Waals surface area contributed by atoms with Crippen molar-refractivity contribution in [2.24, 2.45) is 0 Å². The number of aromatic nitrogens is 4. The lowest BCUT2D eigenvalue weighted by molar-refractivity contribution is -0.124. The molecule has 0 aliphatic heterocycles. The minimum atomic E-state index is -0.948. The molecule has 4 aromatic rings. The number of thiazole rings is 1. The third-order valence-electron chi connectivity index (χ3n) is 5.15. The predicted octanol–water partition coefficient (Wildman–Crippen LogP) is 4.88. The summed E-state index contributed by atoms with van der Waals surface area (Å²) in [5, 5.41) is 12.2. The summed E-state index contributed by atoms with van der Waals surface area (Å²) >= 11 is 2.82. The second-order valence-electron chi connectivity index (χ2n) is 7.49. The summed E-state index contributed by atoms with van der Waals surface area (Å²) in [6.07, 6.45) is 1.30. The van der Waals surface area contributed by atoms with E-state index in [2.05, 4.69) is 20.5 Å². The average molecular weight is 512 g/mol. The van der Waals surface area contributed by atoms with Crippen LogP contribution in [-0.2, 0) is 9.53 Å². The Morgan fingerprint density at radius 2 is 1.91 bits per heavy atom. The lowest BCUT2D eigenvalue weighted by Crippen LogP contribution is -2.32. The molecule has 0 radical (unpaired) electrons. The monoisotopic (exact) mass is 511 g/mol. The van der Waals surface area contributed by atoms with E-state index in [4.69, 9.17) is 9.47 Å². The molecule has 2 aromatic heterocycles. The Morgan fingerprint density at radius 3 is 2.60 bits per heavy atom. The van der Waals surface area contributed by atoms with E-state index in [1.165, 1.54) is 23.1 Å². The molecule has 1 unspecified atom stereocenters. The Kier molecular flexibility index (Phi) is 7.67. The molecule has 0 aliphatic carbocycles. The van der Waals surface area contributed by atoms with Crippen LogP contribution in [0.4, 0.5) is 5.13 Å². The maximum Gasteiger partial charge on any atom is 0.338 e. The maximum absolute atomic E-state index is 12.8. The van der Waals surface area contributed by atoms with Gasteiger partial charge >= 0.3 is 5.97 Å². The Balaban J connectivity index is 1.43. The number of hydrogen-bond acceptors (Lipinski definition) is 9. The third kappa shape index (κ3) is 5.46. The molecule has 0 saturated carbocycles. The number of thioether (sulfide) groups is 1. The second-order valence-corrected chi connectivity index (χ2v) is 9.29. The zero-order valence-corrected chi connectivity index (χ0v) is 21.4. The van der Waals surface area contributed by atoms with Crippen molar-refractivity contribution in [3.8, 4) is 11.4 Å². The van der Waals surface area contributed by atoms with Gasteiger partial charge in [0.2, 0.25) is 0 Å². The molecule has 2 aromatic carbocycles. The molecule has 4 rings (SSSR count). The van der Waals surface area contributed by atoms with E-state index in [1.54, 1.807) is 31.2 Å². The molecule has 9 nitrogen and oxygen atoms in total. The lowest BCUT2D eigenvalue weighted by atomic mass is 10.2. The van der Waals surface area contributed by atoms with Crippen molar-refractivity contribution in [3.05, 3.63) is 53.9 Å². The number of nitrogens with zero attached hydrogens (tertiary/aromatic N) is 4. The van der Waals surface area contributed by atoms with Gasteiger partial charge in [-0.1, -0.05) is 30.0 Å². The topological polar surface area (TPSA) is 108 Å². The number of esters is 1. The minimum Gasteiger partial charge on any atom is -0.494 e. The van der Waals surface area contributed by atoms with Gasteiger partial charge in [0.05, 0.1) is 22.4 Å². The molecule has 0 fully saturated rings. The number of anilines is 1. The number of hydrogen-bond donors (Lipinski definition) is 1. The van der Waals surface area contributed by atoms with Crippen LogP contribution in [0.2, 0.25) is 0 Å². The van der Waals surface area contributed by atoms with Crippen LogP contribution in [0.15, 0.2) is 47.6 Å². The molecule has 0 spiro atoms.